The van der Waals surface area contributed by atoms with Gasteiger partial charge in [-0.1, -0.05) is 13.0 Å². The molecule has 3 aliphatic rings. The van der Waals surface area contributed by atoms with Crippen LogP contribution < -0.4 is 9.47 Å². The highest BCUT2D eigenvalue weighted by Crippen LogP contribution is 2.35. The van der Waals surface area contributed by atoms with Gasteiger partial charge in [0, 0.05) is 31.0 Å². The SMILES string of the molecule is COc1ccc(CN(C[C@@H]2CCCO2)C(=O)C2CC2)cc1OCC1(C)COC1. The molecule has 0 bridgehead atoms. The maximum absolute atomic E-state index is 12.8. The van der Waals surface area contributed by atoms with Crippen LogP contribution in [-0.4, -0.2) is 57.0 Å². The Bertz CT molecular complexity index is 692. The predicted octanol–water partition coefficient (Wildman–Crippen LogP) is 3.03. The van der Waals surface area contributed by atoms with E-state index in [1.54, 1.807) is 7.11 Å². The van der Waals surface area contributed by atoms with Crippen molar-refractivity contribution in [1.29, 1.82) is 0 Å². The molecule has 2 heterocycles. The molecular weight excluding hydrogens is 358 g/mol. The lowest BCUT2D eigenvalue weighted by Crippen LogP contribution is -2.44. The number of hydrogen-bond acceptors (Lipinski definition) is 5. The summed E-state index contributed by atoms with van der Waals surface area (Å²) in [7, 11) is 1.65. The molecule has 2 aliphatic heterocycles. The number of amides is 1. The molecule has 0 radical (unpaired) electrons. The second kappa shape index (κ2) is 8.29. The van der Waals surface area contributed by atoms with Gasteiger partial charge in [-0.2, -0.15) is 0 Å². The first-order valence-electron chi connectivity index (χ1n) is 10.3. The zero-order valence-corrected chi connectivity index (χ0v) is 16.9. The second-order valence-electron chi connectivity index (χ2n) is 8.71. The van der Waals surface area contributed by atoms with Gasteiger partial charge in [0.1, 0.15) is 0 Å². The number of benzene rings is 1. The molecule has 1 atom stereocenters. The number of hydrogen-bond donors (Lipinski definition) is 0. The van der Waals surface area contributed by atoms with Gasteiger partial charge in [-0.05, 0) is 43.4 Å². The first-order valence-corrected chi connectivity index (χ1v) is 10.3. The summed E-state index contributed by atoms with van der Waals surface area (Å²) in [6.07, 6.45) is 4.30. The van der Waals surface area contributed by atoms with Crippen LogP contribution in [0.5, 0.6) is 11.5 Å². The molecule has 1 saturated carbocycles. The Kier molecular flexibility index (Phi) is 5.78. The third-order valence-electron chi connectivity index (χ3n) is 5.76. The van der Waals surface area contributed by atoms with E-state index in [1.165, 1.54) is 0 Å². The predicted molar refractivity (Wildman–Crippen MR) is 105 cm³/mol. The first kappa shape index (κ1) is 19.5. The van der Waals surface area contributed by atoms with Crippen LogP contribution in [0.4, 0.5) is 0 Å². The van der Waals surface area contributed by atoms with Crippen molar-refractivity contribution in [3.63, 3.8) is 0 Å². The van der Waals surface area contributed by atoms with Gasteiger partial charge < -0.3 is 23.8 Å². The summed E-state index contributed by atoms with van der Waals surface area (Å²) in [5.41, 5.74) is 1.12. The molecule has 1 aliphatic carbocycles. The minimum absolute atomic E-state index is 0.0643. The number of methoxy groups -OCH3 is 1. The van der Waals surface area contributed by atoms with Gasteiger partial charge in [-0.25, -0.2) is 0 Å². The maximum Gasteiger partial charge on any atom is 0.226 e. The molecule has 0 spiro atoms. The van der Waals surface area contributed by atoms with Crippen LogP contribution in [0.25, 0.3) is 0 Å². The Balaban J connectivity index is 1.45. The lowest BCUT2D eigenvalue weighted by molar-refractivity contribution is -0.134. The van der Waals surface area contributed by atoms with Crippen molar-refractivity contribution in [2.75, 3.05) is 40.1 Å². The summed E-state index contributed by atoms with van der Waals surface area (Å²) < 4.78 is 22.6. The number of nitrogens with zero attached hydrogens (tertiary/aromatic N) is 1. The molecule has 28 heavy (non-hydrogen) atoms. The molecule has 1 amide bonds. The third-order valence-corrected chi connectivity index (χ3v) is 5.76. The molecule has 1 aromatic rings. The highest BCUT2D eigenvalue weighted by molar-refractivity contribution is 5.81. The van der Waals surface area contributed by atoms with E-state index in [1.807, 2.05) is 23.1 Å². The Morgan fingerprint density at radius 2 is 2.07 bits per heavy atom. The fraction of sp³-hybridized carbons (Fsp3) is 0.682. The van der Waals surface area contributed by atoms with E-state index in [0.717, 1.165) is 56.8 Å². The Morgan fingerprint density at radius 1 is 1.25 bits per heavy atom. The van der Waals surface area contributed by atoms with Crippen molar-refractivity contribution < 1.29 is 23.7 Å². The first-order chi connectivity index (χ1) is 13.6. The summed E-state index contributed by atoms with van der Waals surface area (Å²) in [4.78, 5) is 14.8. The largest absolute Gasteiger partial charge is 0.493 e. The van der Waals surface area contributed by atoms with Gasteiger partial charge in [0.05, 0.1) is 33.0 Å². The minimum atomic E-state index is 0.0643. The number of carbonyl (C=O) groups is 1. The van der Waals surface area contributed by atoms with E-state index in [2.05, 4.69) is 6.92 Å². The molecular formula is C22H31NO5. The molecule has 154 valence electrons. The molecule has 2 saturated heterocycles. The van der Waals surface area contributed by atoms with E-state index in [-0.39, 0.29) is 23.3 Å². The smallest absolute Gasteiger partial charge is 0.226 e. The van der Waals surface area contributed by atoms with Crippen LogP contribution in [0.3, 0.4) is 0 Å². The Labute approximate surface area is 167 Å². The normalized spacial score (nSPS) is 23.1. The van der Waals surface area contributed by atoms with Crippen LogP contribution in [0.2, 0.25) is 0 Å². The van der Waals surface area contributed by atoms with Gasteiger partial charge in [0.15, 0.2) is 11.5 Å². The van der Waals surface area contributed by atoms with Crippen LogP contribution in [0.1, 0.15) is 38.2 Å². The topological polar surface area (TPSA) is 57.2 Å². The van der Waals surface area contributed by atoms with Crippen LogP contribution in [-0.2, 0) is 20.8 Å². The van der Waals surface area contributed by atoms with Crippen LogP contribution in [0, 0.1) is 11.3 Å². The molecule has 0 N–H and O–H groups in total. The summed E-state index contributed by atoms with van der Waals surface area (Å²) in [6.45, 7) is 6.25. The monoisotopic (exact) mass is 389 g/mol. The number of carbonyl (C=O) groups excluding carboxylic acids is 1. The lowest BCUT2D eigenvalue weighted by Gasteiger charge is -2.37. The van der Waals surface area contributed by atoms with E-state index in [9.17, 15) is 4.79 Å². The molecule has 6 nitrogen and oxygen atoms in total. The minimum Gasteiger partial charge on any atom is -0.493 e. The molecule has 6 heteroatoms. The van der Waals surface area contributed by atoms with Crippen LogP contribution >= 0.6 is 0 Å². The fourth-order valence-electron chi connectivity index (χ4n) is 3.79. The van der Waals surface area contributed by atoms with Gasteiger partial charge >= 0.3 is 0 Å². The van der Waals surface area contributed by atoms with Crippen molar-refractivity contribution >= 4 is 5.91 Å². The van der Waals surface area contributed by atoms with E-state index < -0.39 is 0 Å². The fourth-order valence-corrected chi connectivity index (χ4v) is 3.79. The second-order valence-corrected chi connectivity index (χ2v) is 8.71. The maximum atomic E-state index is 12.8. The highest BCUT2D eigenvalue weighted by atomic mass is 16.5. The highest BCUT2D eigenvalue weighted by Gasteiger charge is 2.36. The third kappa shape index (κ3) is 4.61. The zero-order valence-electron chi connectivity index (χ0n) is 16.9. The van der Waals surface area contributed by atoms with Gasteiger partial charge in [0.2, 0.25) is 5.91 Å². The quantitative estimate of drug-likeness (QED) is 0.650. The molecule has 1 aromatic carbocycles. The van der Waals surface area contributed by atoms with Gasteiger partial charge in [-0.3, -0.25) is 4.79 Å². The van der Waals surface area contributed by atoms with Crippen molar-refractivity contribution in [2.24, 2.45) is 11.3 Å². The van der Waals surface area contributed by atoms with E-state index in [4.69, 9.17) is 18.9 Å². The summed E-state index contributed by atoms with van der Waals surface area (Å²) in [5.74, 6) is 1.90. The van der Waals surface area contributed by atoms with E-state index >= 15 is 0 Å². The zero-order chi connectivity index (χ0) is 19.6. The summed E-state index contributed by atoms with van der Waals surface area (Å²) in [6, 6.07) is 5.95. The number of ether oxygens (including phenoxy) is 4. The standard InChI is InChI=1S/C22H31NO5/c1-22(13-26-14-22)15-28-20-10-16(5-8-19(20)25-2)11-23(21(24)17-6-7-17)12-18-4-3-9-27-18/h5,8,10,17-18H,3-4,6-7,9,11-15H2,1-2H3/t18-/m0/s1. The van der Waals surface area contributed by atoms with Crippen molar-refractivity contribution in [2.45, 2.75) is 45.3 Å². The Morgan fingerprint density at radius 3 is 2.68 bits per heavy atom. The van der Waals surface area contributed by atoms with Crippen molar-refractivity contribution in [1.82, 2.24) is 4.90 Å². The van der Waals surface area contributed by atoms with Gasteiger partial charge in [-0.15, -0.1) is 0 Å². The summed E-state index contributed by atoms with van der Waals surface area (Å²) in [5, 5.41) is 0. The van der Waals surface area contributed by atoms with Crippen LogP contribution in [0.15, 0.2) is 18.2 Å². The summed E-state index contributed by atoms with van der Waals surface area (Å²) >= 11 is 0. The molecule has 0 unspecified atom stereocenters. The van der Waals surface area contributed by atoms with Crippen molar-refractivity contribution in [3.05, 3.63) is 23.8 Å². The van der Waals surface area contributed by atoms with E-state index in [0.29, 0.717) is 25.4 Å². The molecule has 0 aromatic heterocycles. The van der Waals surface area contributed by atoms with Gasteiger partial charge in [0.25, 0.3) is 0 Å². The Hall–Kier alpha value is -1.79. The number of rotatable bonds is 9. The molecule has 3 fully saturated rings. The molecule has 4 rings (SSSR count). The van der Waals surface area contributed by atoms with Crippen molar-refractivity contribution in [3.8, 4) is 11.5 Å². The average molecular weight is 389 g/mol. The lowest BCUT2D eigenvalue weighted by atomic mass is 9.90. The average Bonchev–Trinajstić information content (AvgIpc) is 3.41.